The van der Waals surface area contributed by atoms with Gasteiger partial charge >= 0.3 is 0 Å². The molecule has 1 radical (unpaired) electrons. The molecule has 1 rings (SSSR count). The van der Waals surface area contributed by atoms with Crippen LogP contribution in [-0.2, 0) is 10.8 Å². The standard InChI is InChI=1S/C10H8Cl5/c1-2-7-3-5-8(6-4-7)9(11,12)10(13,14)15/h3-6H,1-2H2. The minimum atomic E-state index is -1.78. The van der Waals surface area contributed by atoms with E-state index in [1.165, 1.54) is 0 Å². The Morgan fingerprint density at radius 1 is 0.933 bits per heavy atom. The van der Waals surface area contributed by atoms with Crippen LogP contribution in [0.2, 0.25) is 0 Å². The molecule has 0 aromatic heterocycles. The first-order chi connectivity index (χ1) is 6.79. The zero-order valence-electron chi connectivity index (χ0n) is 7.61. The minimum absolute atomic E-state index is 0.544. The lowest BCUT2D eigenvalue weighted by molar-refractivity contribution is 0.876. The van der Waals surface area contributed by atoms with Gasteiger partial charge in [-0.05, 0) is 24.5 Å². The quantitative estimate of drug-likeness (QED) is 0.670. The molecule has 0 saturated heterocycles. The molecule has 0 aliphatic heterocycles. The lowest BCUT2D eigenvalue weighted by Crippen LogP contribution is -2.28. The minimum Gasteiger partial charge on any atom is -0.0915 e. The third-order valence-electron chi connectivity index (χ3n) is 1.96. The Labute approximate surface area is 114 Å². The summed E-state index contributed by atoms with van der Waals surface area (Å²) in [5, 5.41) is 0. The SMILES string of the molecule is [CH2]Cc1ccc(C(Cl)(Cl)C(Cl)(Cl)Cl)cc1. The molecule has 0 atom stereocenters. The molecule has 15 heavy (non-hydrogen) atoms. The normalized spacial score (nSPS) is 12.9. The highest BCUT2D eigenvalue weighted by atomic mass is 35.6. The summed E-state index contributed by atoms with van der Waals surface area (Å²) in [5.41, 5.74) is 1.61. The second-order valence-electron chi connectivity index (χ2n) is 3.02. The molecular weight excluding hydrogens is 297 g/mol. The van der Waals surface area contributed by atoms with E-state index in [9.17, 15) is 0 Å². The smallest absolute Gasteiger partial charge is 0.0915 e. The fraction of sp³-hybridized carbons (Fsp3) is 0.300. The predicted octanol–water partition coefficient (Wildman–Crippen LogP) is 5.06. The highest BCUT2D eigenvalue weighted by Crippen LogP contribution is 2.52. The maximum absolute atomic E-state index is 5.99. The van der Waals surface area contributed by atoms with Crippen LogP contribution in [0.5, 0.6) is 0 Å². The van der Waals surface area contributed by atoms with Crippen LogP contribution in [0.25, 0.3) is 0 Å². The van der Waals surface area contributed by atoms with Crippen LogP contribution >= 0.6 is 58.0 Å². The molecule has 0 N–H and O–H groups in total. The first-order valence-corrected chi connectivity index (χ1v) is 6.01. The Balaban J connectivity index is 3.06. The van der Waals surface area contributed by atoms with E-state index in [2.05, 4.69) is 6.92 Å². The van der Waals surface area contributed by atoms with Gasteiger partial charge in [0.2, 0.25) is 3.79 Å². The van der Waals surface area contributed by atoms with E-state index in [1.807, 2.05) is 12.1 Å². The third kappa shape index (κ3) is 3.08. The number of hydrogen-bond donors (Lipinski definition) is 0. The van der Waals surface area contributed by atoms with Gasteiger partial charge in [0.05, 0.1) is 0 Å². The molecule has 0 aliphatic carbocycles. The van der Waals surface area contributed by atoms with Crippen molar-refractivity contribution in [3.8, 4) is 0 Å². The van der Waals surface area contributed by atoms with Crippen LogP contribution in [0.4, 0.5) is 0 Å². The zero-order valence-corrected chi connectivity index (χ0v) is 11.4. The fourth-order valence-corrected chi connectivity index (χ4v) is 1.62. The van der Waals surface area contributed by atoms with Crippen LogP contribution in [0.1, 0.15) is 11.1 Å². The molecule has 0 unspecified atom stereocenters. The van der Waals surface area contributed by atoms with Gasteiger partial charge in [-0.1, -0.05) is 82.3 Å². The van der Waals surface area contributed by atoms with E-state index in [0.717, 1.165) is 5.56 Å². The molecule has 0 nitrogen and oxygen atoms in total. The summed E-state index contributed by atoms with van der Waals surface area (Å²) in [4.78, 5) is 0. The van der Waals surface area contributed by atoms with Crippen molar-refractivity contribution in [1.29, 1.82) is 0 Å². The van der Waals surface area contributed by atoms with E-state index >= 15 is 0 Å². The maximum Gasteiger partial charge on any atom is 0.227 e. The number of hydrogen-bond acceptors (Lipinski definition) is 0. The average Bonchev–Trinajstić information content (AvgIpc) is 2.16. The van der Waals surface area contributed by atoms with Crippen molar-refractivity contribution < 1.29 is 0 Å². The van der Waals surface area contributed by atoms with Gasteiger partial charge in [0.15, 0.2) is 4.33 Å². The van der Waals surface area contributed by atoms with Crippen molar-refractivity contribution in [3.05, 3.63) is 42.3 Å². The van der Waals surface area contributed by atoms with E-state index in [1.54, 1.807) is 12.1 Å². The molecule has 0 aliphatic rings. The van der Waals surface area contributed by atoms with E-state index in [-0.39, 0.29) is 0 Å². The van der Waals surface area contributed by atoms with Crippen molar-refractivity contribution in [1.82, 2.24) is 0 Å². The van der Waals surface area contributed by atoms with Gasteiger partial charge in [-0.15, -0.1) is 0 Å². The number of halogens is 5. The van der Waals surface area contributed by atoms with Crippen LogP contribution in [-0.4, -0.2) is 3.79 Å². The van der Waals surface area contributed by atoms with E-state index in [4.69, 9.17) is 58.0 Å². The molecule has 0 heterocycles. The zero-order chi connectivity index (χ0) is 11.7. The number of rotatable bonds is 2. The molecule has 1 aromatic rings. The van der Waals surface area contributed by atoms with Crippen molar-refractivity contribution in [2.24, 2.45) is 0 Å². The summed E-state index contributed by atoms with van der Waals surface area (Å²) in [6.45, 7) is 3.75. The predicted molar refractivity (Wildman–Crippen MR) is 69.2 cm³/mol. The van der Waals surface area contributed by atoms with Crippen LogP contribution in [0.3, 0.4) is 0 Å². The largest absolute Gasteiger partial charge is 0.227 e. The highest BCUT2D eigenvalue weighted by molar-refractivity contribution is 6.75. The Hall–Kier alpha value is 0.670. The summed E-state index contributed by atoms with van der Waals surface area (Å²) < 4.78 is -3.33. The summed E-state index contributed by atoms with van der Waals surface area (Å²) >= 11 is 29.0. The van der Waals surface area contributed by atoms with Crippen molar-refractivity contribution in [2.45, 2.75) is 14.5 Å². The Bertz CT molecular complexity index is 323. The topological polar surface area (TPSA) is 0 Å². The van der Waals surface area contributed by atoms with E-state index in [0.29, 0.717) is 12.0 Å². The Morgan fingerprint density at radius 2 is 1.40 bits per heavy atom. The van der Waals surface area contributed by atoms with Crippen molar-refractivity contribution in [3.63, 3.8) is 0 Å². The fourth-order valence-electron chi connectivity index (χ4n) is 1.04. The molecular formula is C10H8Cl5. The Morgan fingerprint density at radius 3 is 1.73 bits per heavy atom. The van der Waals surface area contributed by atoms with Gasteiger partial charge in [0, 0.05) is 0 Å². The van der Waals surface area contributed by atoms with Gasteiger partial charge in [-0.3, -0.25) is 0 Å². The monoisotopic (exact) mass is 303 g/mol. The molecule has 0 fully saturated rings. The van der Waals surface area contributed by atoms with Crippen LogP contribution in [0, 0.1) is 6.92 Å². The van der Waals surface area contributed by atoms with Crippen molar-refractivity contribution >= 4 is 58.0 Å². The molecule has 1 aromatic carbocycles. The molecule has 5 heteroatoms. The molecule has 0 bridgehead atoms. The highest BCUT2D eigenvalue weighted by Gasteiger charge is 2.47. The Kier molecular flexibility index (Phi) is 4.48. The second-order valence-corrected chi connectivity index (χ2v) is 6.63. The second kappa shape index (κ2) is 4.89. The molecule has 83 valence electrons. The van der Waals surface area contributed by atoms with E-state index < -0.39 is 8.13 Å². The van der Waals surface area contributed by atoms with Crippen molar-refractivity contribution in [2.75, 3.05) is 0 Å². The number of alkyl halides is 5. The number of benzene rings is 1. The maximum atomic E-state index is 5.99. The lowest BCUT2D eigenvalue weighted by Gasteiger charge is -2.27. The van der Waals surface area contributed by atoms with Crippen LogP contribution in [0.15, 0.2) is 24.3 Å². The first kappa shape index (κ1) is 13.7. The lowest BCUT2D eigenvalue weighted by atomic mass is 10.1. The summed E-state index contributed by atoms with van der Waals surface area (Å²) in [7, 11) is 0. The molecule has 0 saturated carbocycles. The molecule has 0 spiro atoms. The van der Waals surface area contributed by atoms with Gasteiger partial charge in [0.25, 0.3) is 0 Å². The molecule has 0 amide bonds. The van der Waals surface area contributed by atoms with Gasteiger partial charge in [-0.2, -0.15) is 0 Å². The van der Waals surface area contributed by atoms with Gasteiger partial charge in [-0.25, -0.2) is 0 Å². The average molecular weight is 305 g/mol. The summed E-state index contributed by atoms with van der Waals surface area (Å²) in [6.07, 6.45) is 0.686. The summed E-state index contributed by atoms with van der Waals surface area (Å²) in [6, 6.07) is 7.14. The third-order valence-corrected chi connectivity index (χ3v) is 4.40. The summed E-state index contributed by atoms with van der Waals surface area (Å²) in [5.74, 6) is 0. The first-order valence-electron chi connectivity index (χ1n) is 4.12. The van der Waals surface area contributed by atoms with Gasteiger partial charge in [0.1, 0.15) is 0 Å². The van der Waals surface area contributed by atoms with Gasteiger partial charge < -0.3 is 0 Å². The van der Waals surface area contributed by atoms with Crippen LogP contribution < -0.4 is 0 Å².